The molecule has 3 aromatic rings. The molecule has 1 aromatic heterocycles. The van der Waals surface area contributed by atoms with Crippen LogP contribution in [0.3, 0.4) is 0 Å². The first kappa shape index (κ1) is 14.0. The number of halogens is 4. The van der Waals surface area contributed by atoms with Gasteiger partial charge >= 0.3 is 0 Å². The van der Waals surface area contributed by atoms with Crippen LogP contribution >= 0.6 is 11.6 Å². The van der Waals surface area contributed by atoms with Crippen LogP contribution in [0.25, 0.3) is 22.1 Å². The predicted molar refractivity (Wildman–Crippen MR) is 76.5 cm³/mol. The molecule has 2 aromatic carbocycles. The van der Waals surface area contributed by atoms with Gasteiger partial charge in [-0.3, -0.25) is 0 Å². The Balaban J connectivity index is 2.32. The SMILES string of the molecule is FC(F)C(F)c1oc2ccc(Cl)cc2c1-c1ccccc1. The lowest BCUT2D eigenvalue weighted by atomic mass is 10.0. The summed E-state index contributed by atoms with van der Waals surface area (Å²) in [6.45, 7) is 0. The Hall–Kier alpha value is -1.94. The minimum atomic E-state index is -3.15. The summed E-state index contributed by atoms with van der Waals surface area (Å²) < 4.78 is 44.7. The van der Waals surface area contributed by atoms with Crippen molar-refractivity contribution in [2.45, 2.75) is 12.6 Å². The molecule has 0 spiro atoms. The second kappa shape index (κ2) is 5.45. The number of hydrogen-bond donors (Lipinski definition) is 0. The van der Waals surface area contributed by atoms with Gasteiger partial charge in [0.25, 0.3) is 6.43 Å². The van der Waals surface area contributed by atoms with Crippen molar-refractivity contribution < 1.29 is 17.6 Å². The highest BCUT2D eigenvalue weighted by atomic mass is 35.5. The van der Waals surface area contributed by atoms with E-state index in [0.717, 1.165) is 0 Å². The number of rotatable bonds is 3. The molecule has 5 heteroatoms. The lowest BCUT2D eigenvalue weighted by Gasteiger charge is -2.07. The molecule has 0 aliphatic carbocycles. The van der Waals surface area contributed by atoms with E-state index in [1.807, 2.05) is 0 Å². The quantitative estimate of drug-likeness (QED) is 0.575. The summed E-state index contributed by atoms with van der Waals surface area (Å²) in [6, 6.07) is 13.4. The fourth-order valence-electron chi connectivity index (χ4n) is 2.30. The fraction of sp³-hybridized carbons (Fsp3) is 0.125. The number of furan rings is 1. The van der Waals surface area contributed by atoms with Crippen molar-refractivity contribution in [3.05, 3.63) is 59.3 Å². The Kier molecular flexibility index (Phi) is 3.64. The average Bonchev–Trinajstić information content (AvgIpc) is 2.85. The maximum atomic E-state index is 13.9. The Morgan fingerprint density at radius 1 is 0.952 bits per heavy atom. The highest BCUT2D eigenvalue weighted by molar-refractivity contribution is 6.31. The second-order valence-corrected chi connectivity index (χ2v) is 5.02. The molecule has 0 fully saturated rings. The molecular weight excluding hydrogens is 301 g/mol. The van der Waals surface area contributed by atoms with Crippen molar-refractivity contribution in [1.82, 2.24) is 0 Å². The topological polar surface area (TPSA) is 13.1 Å². The van der Waals surface area contributed by atoms with Gasteiger partial charge in [0.15, 0.2) is 5.76 Å². The largest absolute Gasteiger partial charge is 0.457 e. The molecule has 1 heterocycles. The molecule has 0 bridgehead atoms. The van der Waals surface area contributed by atoms with Gasteiger partial charge in [0.05, 0.1) is 0 Å². The normalized spacial score (nSPS) is 13.0. The standard InChI is InChI=1S/C16H10ClF3O/c17-10-6-7-12-11(8-10)13(9-4-2-1-3-5-9)15(21-12)14(18)16(19)20/h1-8,14,16H. The van der Waals surface area contributed by atoms with E-state index in [-0.39, 0.29) is 5.76 Å². The van der Waals surface area contributed by atoms with Gasteiger partial charge < -0.3 is 4.42 Å². The van der Waals surface area contributed by atoms with E-state index >= 15 is 0 Å². The molecular formula is C16H10ClF3O. The zero-order chi connectivity index (χ0) is 15.0. The molecule has 0 aliphatic rings. The molecule has 0 radical (unpaired) electrons. The third-order valence-electron chi connectivity index (χ3n) is 3.21. The van der Waals surface area contributed by atoms with E-state index in [1.165, 1.54) is 0 Å². The van der Waals surface area contributed by atoms with Crippen LogP contribution in [-0.4, -0.2) is 6.43 Å². The van der Waals surface area contributed by atoms with E-state index in [1.54, 1.807) is 48.5 Å². The summed E-state index contributed by atoms with van der Waals surface area (Å²) in [7, 11) is 0. The number of hydrogen-bond acceptors (Lipinski definition) is 1. The molecule has 21 heavy (non-hydrogen) atoms. The van der Waals surface area contributed by atoms with Gasteiger partial charge in [-0.05, 0) is 23.8 Å². The molecule has 0 saturated carbocycles. The minimum Gasteiger partial charge on any atom is -0.457 e. The summed E-state index contributed by atoms with van der Waals surface area (Å²) >= 11 is 5.95. The molecule has 0 amide bonds. The molecule has 1 atom stereocenters. The molecule has 0 aliphatic heterocycles. The molecule has 108 valence electrons. The Bertz CT molecular complexity index is 768. The molecule has 1 unspecified atom stereocenters. The van der Waals surface area contributed by atoms with Crippen LogP contribution in [0.15, 0.2) is 52.9 Å². The van der Waals surface area contributed by atoms with E-state index in [2.05, 4.69) is 0 Å². The smallest absolute Gasteiger partial charge is 0.276 e. The van der Waals surface area contributed by atoms with Crippen molar-refractivity contribution in [1.29, 1.82) is 0 Å². The molecule has 0 N–H and O–H groups in total. The monoisotopic (exact) mass is 310 g/mol. The van der Waals surface area contributed by atoms with Gasteiger partial charge in [0.2, 0.25) is 6.17 Å². The third-order valence-corrected chi connectivity index (χ3v) is 3.45. The van der Waals surface area contributed by atoms with Gasteiger partial charge in [-0.1, -0.05) is 41.9 Å². The maximum absolute atomic E-state index is 13.9. The molecule has 3 rings (SSSR count). The van der Waals surface area contributed by atoms with Crippen molar-refractivity contribution >= 4 is 22.6 Å². The molecule has 1 nitrogen and oxygen atoms in total. The Morgan fingerprint density at radius 3 is 2.33 bits per heavy atom. The van der Waals surface area contributed by atoms with Crippen molar-refractivity contribution in [3.8, 4) is 11.1 Å². The Morgan fingerprint density at radius 2 is 1.67 bits per heavy atom. The van der Waals surface area contributed by atoms with Crippen molar-refractivity contribution in [3.63, 3.8) is 0 Å². The van der Waals surface area contributed by atoms with Crippen LogP contribution in [0.5, 0.6) is 0 Å². The minimum absolute atomic E-state index is 0.320. The first-order chi connectivity index (χ1) is 10.1. The summed E-state index contributed by atoms with van der Waals surface area (Å²) in [5.41, 5.74) is 1.26. The predicted octanol–water partition coefficient (Wildman–Crippen LogP) is 6.03. The molecule has 0 saturated heterocycles. The van der Waals surface area contributed by atoms with Gasteiger partial charge in [-0.25, -0.2) is 13.2 Å². The van der Waals surface area contributed by atoms with Crippen LogP contribution in [0.1, 0.15) is 11.9 Å². The van der Waals surface area contributed by atoms with E-state index < -0.39 is 12.6 Å². The van der Waals surface area contributed by atoms with Crippen LogP contribution in [0.4, 0.5) is 13.2 Å². The Labute approximate surface area is 123 Å². The van der Waals surface area contributed by atoms with E-state index in [4.69, 9.17) is 16.0 Å². The summed E-state index contributed by atoms with van der Waals surface area (Å²) in [5.74, 6) is -0.367. The highest BCUT2D eigenvalue weighted by Gasteiger charge is 2.30. The summed E-state index contributed by atoms with van der Waals surface area (Å²) in [4.78, 5) is 0. The maximum Gasteiger partial charge on any atom is 0.276 e. The van der Waals surface area contributed by atoms with Crippen LogP contribution in [-0.2, 0) is 0 Å². The van der Waals surface area contributed by atoms with Crippen molar-refractivity contribution in [2.75, 3.05) is 0 Å². The second-order valence-electron chi connectivity index (χ2n) is 4.58. The lowest BCUT2D eigenvalue weighted by Crippen LogP contribution is -2.03. The first-order valence-electron chi connectivity index (χ1n) is 6.27. The number of benzene rings is 2. The van der Waals surface area contributed by atoms with Gasteiger partial charge in [0, 0.05) is 16.0 Å². The summed E-state index contributed by atoms with van der Waals surface area (Å²) in [6.07, 6.45) is -5.63. The zero-order valence-corrected chi connectivity index (χ0v) is 11.4. The number of fused-ring (bicyclic) bond motifs is 1. The van der Waals surface area contributed by atoms with Crippen LogP contribution in [0.2, 0.25) is 5.02 Å². The van der Waals surface area contributed by atoms with Crippen LogP contribution < -0.4 is 0 Å². The van der Waals surface area contributed by atoms with E-state index in [9.17, 15) is 13.2 Å². The zero-order valence-electron chi connectivity index (χ0n) is 10.7. The van der Waals surface area contributed by atoms with Gasteiger partial charge in [0.1, 0.15) is 5.58 Å². The lowest BCUT2D eigenvalue weighted by molar-refractivity contribution is 0.0389. The van der Waals surface area contributed by atoms with E-state index in [0.29, 0.717) is 27.1 Å². The fourth-order valence-corrected chi connectivity index (χ4v) is 2.47. The summed E-state index contributed by atoms with van der Waals surface area (Å²) in [5, 5.41) is 0.950. The van der Waals surface area contributed by atoms with Crippen LogP contribution in [0, 0.1) is 0 Å². The third kappa shape index (κ3) is 2.51. The van der Waals surface area contributed by atoms with Gasteiger partial charge in [-0.2, -0.15) is 0 Å². The number of alkyl halides is 3. The first-order valence-corrected chi connectivity index (χ1v) is 6.65. The van der Waals surface area contributed by atoms with Crippen molar-refractivity contribution in [2.24, 2.45) is 0 Å². The average molecular weight is 311 g/mol. The highest BCUT2D eigenvalue weighted by Crippen LogP contribution is 2.41. The van der Waals surface area contributed by atoms with Gasteiger partial charge in [-0.15, -0.1) is 0 Å².